The van der Waals surface area contributed by atoms with Crippen LogP contribution in [0.3, 0.4) is 0 Å². The van der Waals surface area contributed by atoms with Gasteiger partial charge in [0.15, 0.2) is 5.79 Å². The Kier molecular flexibility index (Phi) is 4.78. The predicted octanol–water partition coefficient (Wildman–Crippen LogP) is 2.47. The summed E-state index contributed by atoms with van der Waals surface area (Å²) < 4.78 is 16.9. The minimum atomic E-state index is -0.269. The first kappa shape index (κ1) is 14.8. The van der Waals surface area contributed by atoms with Crippen LogP contribution in [0.2, 0.25) is 0 Å². The maximum absolute atomic E-state index is 5.84. The Labute approximate surface area is 127 Å². The lowest BCUT2D eigenvalue weighted by molar-refractivity contribution is -0.164. The molecule has 116 valence electrons. The number of methoxy groups -OCH3 is 1. The highest BCUT2D eigenvalue weighted by Gasteiger charge is 2.37. The van der Waals surface area contributed by atoms with E-state index in [0.29, 0.717) is 0 Å². The average Bonchev–Trinajstić information content (AvgIpc) is 2.89. The standard InChI is InChI=1S/C17H25NO3/c1-19-16-5-3-15(4-6-16)7-11-18-10-2-8-17(9-12-18)20-13-14-21-17/h3-6H,2,7-14H2,1H3. The molecule has 0 N–H and O–H groups in total. The molecule has 21 heavy (non-hydrogen) atoms. The van der Waals surface area contributed by atoms with Gasteiger partial charge in [-0.3, -0.25) is 0 Å². The van der Waals surface area contributed by atoms with E-state index in [1.165, 1.54) is 5.56 Å². The van der Waals surface area contributed by atoms with Crippen molar-refractivity contribution >= 4 is 0 Å². The Hall–Kier alpha value is -1.10. The second kappa shape index (κ2) is 6.77. The van der Waals surface area contributed by atoms with Gasteiger partial charge < -0.3 is 19.1 Å². The van der Waals surface area contributed by atoms with Crippen LogP contribution in [0.25, 0.3) is 0 Å². The summed E-state index contributed by atoms with van der Waals surface area (Å²) in [6, 6.07) is 8.38. The summed E-state index contributed by atoms with van der Waals surface area (Å²) in [5.74, 6) is 0.653. The van der Waals surface area contributed by atoms with E-state index in [2.05, 4.69) is 17.0 Å². The summed E-state index contributed by atoms with van der Waals surface area (Å²) in [4.78, 5) is 2.53. The molecule has 4 heteroatoms. The third-order valence-corrected chi connectivity index (χ3v) is 4.53. The summed E-state index contributed by atoms with van der Waals surface area (Å²) in [7, 11) is 1.70. The number of nitrogens with zero attached hydrogens (tertiary/aromatic N) is 1. The van der Waals surface area contributed by atoms with E-state index in [1.54, 1.807) is 7.11 Å². The molecule has 1 spiro atoms. The van der Waals surface area contributed by atoms with Crippen molar-refractivity contribution in [3.63, 3.8) is 0 Å². The van der Waals surface area contributed by atoms with Crippen molar-refractivity contribution in [2.24, 2.45) is 0 Å². The molecule has 1 aromatic rings. The Morgan fingerprint density at radius 1 is 1.10 bits per heavy atom. The fraction of sp³-hybridized carbons (Fsp3) is 0.647. The smallest absolute Gasteiger partial charge is 0.169 e. The summed E-state index contributed by atoms with van der Waals surface area (Å²) in [6.45, 7) is 4.82. The van der Waals surface area contributed by atoms with Crippen molar-refractivity contribution in [2.75, 3.05) is 40.0 Å². The maximum atomic E-state index is 5.84. The zero-order chi connectivity index (χ0) is 14.5. The molecule has 0 saturated carbocycles. The fourth-order valence-electron chi connectivity index (χ4n) is 3.23. The van der Waals surface area contributed by atoms with Gasteiger partial charge in [0.05, 0.1) is 20.3 Å². The van der Waals surface area contributed by atoms with Gasteiger partial charge in [0.2, 0.25) is 0 Å². The maximum Gasteiger partial charge on any atom is 0.169 e. The van der Waals surface area contributed by atoms with Gasteiger partial charge in [0.25, 0.3) is 0 Å². The second-order valence-electron chi connectivity index (χ2n) is 5.90. The van der Waals surface area contributed by atoms with E-state index >= 15 is 0 Å². The van der Waals surface area contributed by atoms with Crippen LogP contribution in [0.1, 0.15) is 24.8 Å². The van der Waals surface area contributed by atoms with Crippen molar-refractivity contribution in [3.8, 4) is 5.75 Å². The Balaban J connectivity index is 1.48. The van der Waals surface area contributed by atoms with Crippen molar-refractivity contribution in [2.45, 2.75) is 31.5 Å². The van der Waals surface area contributed by atoms with Crippen LogP contribution in [0.5, 0.6) is 5.75 Å². The van der Waals surface area contributed by atoms with Crippen molar-refractivity contribution in [1.29, 1.82) is 0 Å². The molecule has 2 aliphatic rings. The van der Waals surface area contributed by atoms with Crippen molar-refractivity contribution in [3.05, 3.63) is 29.8 Å². The molecule has 0 amide bonds. The number of rotatable bonds is 4. The van der Waals surface area contributed by atoms with Gasteiger partial charge in [0.1, 0.15) is 5.75 Å². The van der Waals surface area contributed by atoms with Crippen LogP contribution in [-0.4, -0.2) is 50.6 Å². The molecule has 0 bridgehead atoms. The summed E-state index contributed by atoms with van der Waals surface area (Å²) >= 11 is 0. The molecule has 0 unspecified atom stereocenters. The first-order valence-electron chi connectivity index (χ1n) is 7.93. The molecule has 2 saturated heterocycles. The van der Waals surface area contributed by atoms with Gasteiger partial charge in [-0.25, -0.2) is 0 Å². The number of likely N-dealkylation sites (tertiary alicyclic amines) is 1. The van der Waals surface area contributed by atoms with Crippen molar-refractivity contribution < 1.29 is 14.2 Å². The number of ether oxygens (including phenoxy) is 3. The predicted molar refractivity (Wildman–Crippen MR) is 81.6 cm³/mol. The highest BCUT2D eigenvalue weighted by molar-refractivity contribution is 5.27. The van der Waals surface area contributed by atoms with Gasteiger partial charge >= 0.3 is 0 Å². The summed E-state index contributed by atoms with van der Waals surface area (Å²) in [6.07, 6.45) is 4.27. The minimum absolute atomic E-state index is 0.269. The third kappa shape index (κ3) is 3.76. The lowest BCUT2D eigenvalue weighted by Gasteiger charge is -2.26. The molecule has 2 aliphatic heterocycles. The van der Waals surface area contributed by atoms with E-state index < -0.39 is 0 Å². The summed E-state index contributed by atoms with van der Waals surface area (Å²) in [5, 5.41) is 0. The SMILES string of the molecule is COc1ccc(CCN2CCCC3(CC2)OCCO3)cc1. The van der Waals surface area contributed by atoms with Gasteiger partial charge in [-0.1, -0.05) is 12.1 Å². The molecule has 0 atom stereocenters. The van der Waals surface area contributed by atoms with Crippen LogP contribution in [0.4, 0.5) is 0 Å². The Morgan fingerprint density at radius 3 is 2.57 bits per heavy atom. The number of hydrogen-bond acceptors (Lipinski definition) is 4. The first-order valence-corrected chi connectivity index (χ1v) is 7.93. The fourth-order valence-corrected chi connectivity index (χ4v) is 3.23. The normalized spacial score (nSPS) is 22.3. The van der Waals surface area contributed by atoms with Gasteiger partial charge in [-0.2, -0.15) is 0 Å². The molecule has 4 nitrogen and oxygen atoms in total. The number of benzene rings is 1. The zero-order valence-corrected chi connectivity index (χ0v) is 12.8. The van der Waals surface area contributed by atoms with Crippen LogP contribution >= 0.6 is 0 Å². The molecular weight excluding hydrogens is 266 g/mol. The minimum Gasteiger partial charge on any atom is -0.497 e. The Bertz CT molecular complexity index is 440. The zero-order valence-electron chi connectivity index (χ0n) is 12.8. The van der Waals surface area contributed by atoms with Crippen LogP contribution in [0.15, 0.2) is 24.3 Å². The monoisotopic (exact) mass is 291 g/mol. The van der Waals surface area contributed by atoms with Crippen LogP contribution < -0.4 is 4.74 Å². The quantitative estimate of drug-likeness (QED) is 0.853. The van der Waals surface area contributed by atoms with Gasteiger partial charge in [-0.05, 0) is 37.1 Å². The molecule has 1 aromatic carbocycles. The van der Waals surface area contributed by atoms with Gasteiger partial charge in [-0.15, -0.1) is 0 Å². The largest absolute Gasteiger partial charge is 0.497 e. The van der Waals surface area contributed by atoms with E-state index in [0.717, 1.165) is 64.3 Å². The third-order valence-electron chi connectivity index (χ3n) is 4.53. The molecule has 2 fully saturated rings. The van der Waals surface area contributed by atoms with E-state index in [9.17, 15) is 0 Å². The van der Waals surface area contributed by atoms with E-state index in [4.69, 9.17) is 14.2 Å². The van der Waals surface area contributed by atoms with Crippen molar-refractivity contribution in [1.82, 2.24) is 4.90 Å². The lowest BCUT2D eigenvalue weighted by atomic mass is 10.1. The van der Waals surface area contributed by atoms with Gasteiger partial charge in [0, 0.05) is 25.9 Å². The number of hydrogen-bond donors (Lipinski definition) is 0. The summed E-state index contributed by atoms with van der Waals surface area (Å²) in [5.41, 5.74) is 1.36. The topological polar surface area (TPSA) is 30.9 Å². The van der Waals surface area contributed by atoms with E-state index in [1.807, 2.05) is 12.1 Å². The average molecular weight is 291 g/mol. The van der Waals surface area contributed by atoms with E-state index in [-0.39, 0.29) is 5.79 Å². The lowest BCUT2D eigenvalue weighted by Crippen LogP contribution is -2.32. The highest BCUT2D eigenvalue weighted by atomic mass is 16.7. The molecule has 0 radical (unpaired) electrons. The second-order valence-corrected chi connectivity index (χ2v) is 5.90. The first-order chi connectivity index (χ1) is 10.3. The molecule has 0 aliphatic carbocycles. The van der Waals surface area contributed by atoms with Crippen LogP contribution in [-0.2, 0) is 15.9 Å². The molecular formula is C17H25NO3. The van der Waals surface area contributed by atoms with Crippen LogP contribution in [0, 0.1) is 0 Å². The molecule has 0 aromatic heterocycles. The molecule has 2 heterocycles. The Morgan fingerprint density at radius 2 is 1.86 bits per heavy atom. The molecule has 3 rings (SSSR count). The highest BCUT2D eigenvalue weighted by Crippen LogP contribution is 2.31.